The van der Waals surface area contributed by atoms with Crippen molar-refractivity contribution in [2.45, 2.75) is 43.7 Å². The second kappa shape index (κ2) is 8.18. The topological polar surface area (TPSA) is 120 Å². The maximum atomic E-state index is 11.6. The summed E-state index contributed by atoms with van der Waals surface area (Å²) in [7, 11) is -1.42. The molecule has 1 fully saturated rings. The number of nitrogens with zero attached hydrogens (tertiary/aromatic N) is 3. The summed E-state index contributed by atoms with van der Waals surface area (Å²) in [6.45, 7) is 9.45. The van der Waals surface area contributed by atoms with E-state index in [-0.39, 0.29) is 12.1 Å². The van der Waals surface area contributed by atoms with Crippen LogP contribution in [0.3, 0.4) is 0 Å². The molecule has 3 heterocycles. The monoisotopic (exact) mass is 461 g/mol. The largest absolute Gasteiger partial charge is 0.377 e. The van der Waals surface area contributed by atoms with Crippen molar-refractivity contribution in [3.05, 3.63) is 35.5 Å². The Kier molecular flexibility index (Phi) is 5.83. The van der Waals surface area contributed by atoms with Crippen LogP contribution >= 0.6 is 10.6 Å². The highest BCUT2D eigenvalue weighted by Crippen LogP contribution is 2.73. The molecule has 0 bridgehead atoms. The van der Waals surface area contributed by atoms with Crippen molar-refractivity contribution in [3.63, 3.8) is 0 Å². The van der Waals surface area contributed by atoms with Gasteiger partial charge in [0.2, 0.25) is 0 Å². The number of ether oxygens (including phenoxy) is 1. The lowest BCUT2D eigenvalue weighted by molar-refractivity contribution is 0.0984. The second-order valence-electron chi connectivity index (χ2n) is 8.78. The molecule has 4 rings (SSSR count). The van der Waals surface area contributed by atoms with Gasteiger partial charge in [-0.2, -0.15) is 10.6 Å². The van der Waals surface area contributed by atoms with Crippen molar-refractivity contribution in [1.82, 2.24) is 15.3 Å². The number of benzene rings is 1. The third kappa shape index (κ3) is 3.61. The Morgan fingerprint density at radius 3 is 2.53 bits per heavy atom. The van der Waals surface area contributed by atoms with Crippen molar-refractivity contribution < 1.29 is 18.6 Å². The van der Waals surface area contributed by atoms with E-state index in [0.717, 1.165) is 16.9 Å². The van der Waals surface area contributed by atoms with Gasteiger partial charge in [-0.1, -0.05) is 0 Å². The van der Waals surface area contributed by atoms with Gasteiger partial charge < -0.3 is 20.3 Å². The number of fused-ring (bicyclic) bond motifs is 1. The molecule has 0 saturated carbocycles. The summed E-state index contributed by atoms with van der Waals surface area (Å²) in [4.78, 5) is 23.5. The minimum atomic E-state index is -2.98. The van der Waals surface area contributed by atoms with Gasteiger partial charge in [0.05, 0.1) is 34.9 Å². The minimum absolute atomic E-state index is 0.104. The molecule has 2 aromatic rings. The van der Waals surface area contributed by atoms with E-state index in [9.17, 15) is 13.9 Å². The van der Waals surface area contributed by atoms with Gasteiger partial charge >= 0.3 is 6.03 Å². The third-order valence-corrected chi connectivity index (χ3v) is 9.33. The summed E-state index contributed by atoms with van der Waals surface area (Å²) in [5.41, 5.74) is 2.92. The van der Waals surface area contributed by atoms with Crippen LogP contribution in [-0.4, -0.2) is 58.0 Å². The molecule has 1 aromatic heterocycles. The van der Waals surface area contributed by atoms with Crippen LogP contribution in [0.2, 0.25) is 0 Å². The molecule has 1 aromatic carbocycles. The lowest BCUT2D eigenvalue weighted by Gasteiger charge is -2.43. The zero-order valence-electron chi connectivity index (χ0n) is 19.0. The zero-order valence-corrected chi connectivity index (χ0v) is 19.9. The summed E-state index contributed by atoms with van der Waals surface area (Å²) >= 11 is 0. The van der Waals surface area contributed by atoms with E-state index in [1.807, 2.05) is 32.9 Å². The van der Waals surface area contributed by atoms with Crippen LogP contribution in [0.25, 0.3) is 11.4 Å². The number of urea groups is 1. The van der Waals surface area contributed by atoms with E-state index >= 15 is 0 Å². The number of aromatic nitrogens is 2. The summed E-state index contributed by atoms with van der Waals surface area (Å²) in [5.74, 6) is 1.26. The van der Waals surface area contributed by atoms with Crippen molar-refractivity contribution in [1.29, 1.82) is 0 Å². The zero-order chi connectivity index (χ0) is 23.3. The average molecular weight is 462 g/mol. The predicted molar refractivity (Wildman–Crippen MR) is 127 cm³/mol. The Bertz CT molecular complexity index is 1030. The first-order chi connectivity index (χ1) is 15.1. The number of amides is 2. The Morgan fingerprint density at radius 1 is 1.22 bits per heavy atom. The number of carbonyl (C=O) groups excluding carboxylic acids is 1. The Morgan fingerprint density at radius 2 is 1.91 bits per heavy atom. The minimum Gasteiger partial charge on any atom is -0.377 e. The van der Waals surface area contributed by atoms with Crippen LogP contribution in [0.1, 0.15) is 44.2 Å². The molecule has 32 heavy (non-hydrogen) atoms. The number of hydrogen-bond acceptors (Lipinski definition) is 7. The van der Waals surface area contributed by atoms with Gasteiger partial charge in [-0.25, -0.2) is 14.8 Å². The summed E-state index contributed by atoms with van der Waals surface area (Å²) < 4.78 is 26.9. The van der Waals surface area contributed by atoms with Gasteiger partial charge in [0.15, 0.2) is 5.82 Å². The van der Waals surface area contributed by atoms with E-state index in [2.05, 4.69) is 22.5 Å². The van der Waals surface area contributed by atoms with Crippen molar-refractivity contribution in [3.8, 4) is 11.4 Å². The van der Waals surface area contributed by atoms with Crippen LogP contribution in [-0.2, 0) is 9.48 Å². The predicted octanol–water partition coefficient (Wildman–Crippen LogP) is 4.18. The molecule has 2 aliphatic rings. The molecule has 2 aliphatic heterocycles. The van der Waals surface area contributed by atoms with Gasteiger partial charge in [-0.15, -0.1) is 0 Å². The van der Waals surface area contributed by atoms with Crippen LogP contribution in [0.15, 0.2) is 24.3 Å². The average Bonchev–Trinajstić information content (AvgIpc) is 2.91. The fourth-order valence-corrected chi connectivity index (χ4v) is 6.20. The van der Waals surface area contributed by atoms with Crippen molar-refractivity contribution >= 4 is 28.1 Å². The molecule has 1 saturated heterocycles. The molecular weight excluding hydrogens is 430 g/mol. The van der Waals surface area contributed by atoms with Gasteiger partial charge in [-0.3, -0.25) is 9.11 Å². The SMILES string of the molecule is CNC(=O)Nc1ccc(-c2nc(N3CCOC[C@@H]3C)c3c(n2)C(C)(C)S(O)(O)C3C)cc1. The number of morpholine rings is 1. The first-order valence-electron chi connectivity index (χ1n) is 10.7. The van der Waals surface area contributed by atoms with E-state index in [4.69, 9.17) is 14.7 Å². The lowest BCUT2D eigenvalue weighted by atomic mass is 10.0. The highest BCUT2D eigenvalue weighted by atomic mass is 32.3. The molecule has 10 heteroatoms. The van der Waals surface area contributed by atoms with E-state index in [1.54, 1.807) is 19.2 Å². The molecule has 9 nitrogen and oxygen atoms in total. The molecule has 4 N–H and O–H groups in total. The Hall–Kier alpha value is -2.40. The van der Waals surface area contributed by atoms with Gasteiger partial charge in [0, 0.05) is 30.4 Å². The second-order valence-corrected chi connectivity index (χ2v) is 11.7. The third-order valence-electron chi connectivity index (χ3n) is 6.41. The van der Waals surface area contributed by atoms with Crippen LogP contribution in [0, 0.1) is 0 Å². The maximum absolute atomic E-state index is 11.6. The first-order valence-corrected chi connectivity index (χ1v) is 12.3. The molecular formula is C22H31N5O4S. The number of hydrogen-bond donors (Lipinski definition) is 4. The number of anilines is 2. The van der Waals surface area contributed by atoms with Gasteiger partial charge in [0.1, 0.15) is 5.82 Å². The fourth-order valence-electron chi connectivity index (χ4n) is 4.33. The van der Waals surface area contributed by atoms with Crippen LogP contribution < -0.4 is 15.5 Å². The van der Waals surface area contributed by atoms with E-state index in [1.165, 1.54) is 0 Å². The molecule has 0 aliphatic carbocycles. The molecule has 2 atom stereocenters. The number of rotatable bonds is 3. The smallest absolute Gasteiger partial charge is 0.318 e. The lowest BCUT2D eigenvalue weighted by Crippen LogP contribution is -2.44. The maximum Gasteiger partial charge on any atom is 0.318 e. The standard InChI is InChI=1S/C22H31N5O4S/c1-13-12-31-11-10-27(13)20-17-14(2)32(29,30)22(3,4)18(17)25-19(26-20)15-6-8-16(9-7-15)24-21(28)23-5/h6-9,13-14,29-30H,10-12H2,1-5H3,(H2,23,24,28)/t13-,14?/m0/s1. The first kappa shape index (κ1) is 22.8. The summed E-state index contributed by atoms with van der Waals surface area (Å²) in [6.07, 6.45) is 0. The Labute approximate surface area is 189 Å². The van der Waals surface area contributed by atoms with Crippen molar-refractivity contribution in [2.75, 3.05) is 37.0 Å². The molecule has 174 valence electrons. The highest BCUT2D eigenvalue weighted by molar-refractivity contribution is 8.25. The summed E-state index contributed by atoms with van der Waals surface area (Å²) in [5, 5.41) is 4.79. The molecule has 1 unspecified atom stereocenters. The quantitative estimate of drug-likeness (QED) is 0.541. The molecule has 0 spiro atoms. The number of nitrogens with one attached hydrogen (secondary N) is 2. The summed E-state index contributed by atoms with van der Waals surface area (Å²) in [6, 6.07) is 7.09. The molecule has 0 radical (unpaired) electrons. The molecule has 2 amide bonds. The van der Waals surface area contributed by atoms with Crippen molar-refractivity contribution in [2.24, 2.45) is 0 Å². The highest BCUT2D eigenvalue weighted by Gasteiger charge is 2.52. The normalized spacial score (nSPS) is 24.5. The Balaban J connectivity index is 1.84. The van der Waals surface area contributed by atoms with E-state index < -0.39 is 20.6 Å². The fraction of sp³-hybridized carbons (Fsp3) is 0.500. The van der Waals surface area contributed by atoms with E-state index in [0.29, 0.717) is 37.0 Å². The van der Waals surface area contributed by atoms with Crippen LogP contribution in [0.4, 0.5) is 16.3 Å². The van der Waals surface area contributed by atoms with Crippen LogP contribution in [0.5, 0.6) is 0 Å². The van der Waals surface area contributed by atoms with Gasteiger partial charge in [0.25, 0.3) is 0 Å². The van der Waals surface area contributed by atoms with Gasteiger partial charge in [-0.05, 0) is 52.0 Å². The number of carbonyl (C=O) groups is 1.